The summed E-state index contributed by atoms with van der Waals surface area (Å²) in [6.07, 6.45) is 0.0263. The Morgan fingerprint density at radius 1 is 1.55 bits per heavy atom. The van der Waals surface area contributed by atoms with Crippen molar-refractivity contribution in [3.8, 4) is 6.07 Å². The van der Waals surface area contributed by atoms with Crippen LogP contribution >= 0.6 is 0 Å². The lowest BCUT2D eigenvalue weighted by Gasteiger charge is -2.00. The maximum absolute atomic E-state index is 12.8. The molecule has 3 heteroatoms. The molecule has 0 unspecified atom stereocenters. The summed E-state index contributed by atoms with van der Waals surface area (Å²) in [6.45, 7) is 0. The summed E-state index contributed by atoms with van der Waals surface area (Å²) in [5.41, 5.74) is 6.04. The summed E-state index contributed by atoms with van der Waals surface area (Å²) < 4.78 is 12.8. The van der Waals surface area contributed by atoms with Crippen LogP contribution in [0, 0.1) is 17.1 Å². The molecule has 1 aromatic rings. The molecule has 0 aliphatic heterocycles. The highest BCUT2D eigenvalue weighted by Crippen LogP contribution is 2.15. The van der Waals surface area contributed by atoms with Crippen LogP contribution in [0.5, 0.6) is 0 Å². The SMILES string of the molecule is N#CCc1c(N)cccc1F. The predicted octanol–water partition coefficient (Wildman–Crippen LogP) is 1.47. The van der Waals surface area contributed by atoms with E-state index in [4.69, 9.17) is 11.0 Å². The van der Waals surface area contributed by atoms with Gasteiger partial charge in [-0.3, -0.25) is 0 Å². The number of benzene rings is 1. The van der Waals surface area contributed by atoms with Gasteiger partial charge in [0, 0.05) is 11.3 Å². The lowest BCUT2D eigenvalue weighted by molar-refractivity contribution is 0.616. The molecule has 0 heterocycles. The van der Waals surface area contributed by atoms with E-state index in [-0.39, 0.29) is 12.0 Å². The fourth-order valence-electron chi connectivity index (χ4n) is 0.841. The molecule has 0 fully saturated rings. The van der Waals surface area contributed by atoms with Gasteiger partial charge in [-0.2, -0.15) is 5.26 Å². The maximum atomic E-state index is 12.8. The van der Waals surface area contributed by atoms with Crippen molar-refractivity contribution in [2.75, 3.05) is 5.73 Å². The second kappa shape index (κ2) is 3.02. The summed E-state index contributed by atoms with van der Waals surface area (Å²) >= 11 is 0. The molecule has 0 aliphatic carbocycles. The fourth-order valence-corrected chi connectivity index (χ4v) is 0.841. The standard InChI is InChI=1S/C8H7FN2/c9-7-2-1-3-8(11)6(7)4-5-10/h1-3H,4,11H2. The Labute approximate surface area is 64.1 Å². The Morgan fingerprint density at radius 3 is 2.82 bits per heavy atom. The van der Waals surface area contributed by atoms with E-state index in [0.29, 0.717) is 5.69 Å². The van der Waals surface area contributed by atoms with Gasteiger partial charge in [-0.15, -0.1) is 0 Å². The molecule has 2 nitrogen and oxygen atoms in total. The predicted molar refractivity (Wildman–Crippen MR) is 40.1 cm³/mol. The molecule has 0 saturated carbocycles. The van der Waals surface area contributed by atoms with Crippen LogP contribution in [-0.4, -0.2) is 0 Å². The van der Waals surface area contributed by atoms with Crippen molar-refractivity contribution in [1.29, 1.82) is 5.26 Å². The molecular formula is C8H7FN2. The van der Waals surface area contributed by atoms with Gasteiger partial charge in [0.2, 0.25) is 0 Å². The van der Waals surface area contributed by atoms with Gasteiger partial charge in [0.1, 0.15) is 5.82 Å². The molecule has 11 heavy (non-hydrogen) atoms. The second-order valence-electron chi connectivity index (χ2n) is 2.14. The first-order chi connectivity index (χ1) is 5.25. The van der Waals surface area contributed by atoms with E-state index in [1.165, 1.54) is 12.1 Å². The minimum absolute atomic E-state index is 0.0263. The first kappa shape index (κ1) is 7.55. The number of hydrogen-bond donors (Lipinski definition) is 1. The zero-order valence-corrected chi connectivity index (χ0v) is 5.84. The quantitative estimate of drug-likeness (QED) is 0.616. The van der Waals surface area contributed by atoms with E-state index in [9.17, 15) is 4.39 Å². The van der Waals surface area contributed by atoms with Crippen LogP contribution in [0.2, 0.25) is 0 Å². The van der Waals surface area contributed by atoms with Gasteiger partial charge in [-0.1, -0.05) is 6.07 Å². The highest BCUT2D eigenvalue weighted by atomic mass is 19.1. The number of nitriles is 1. The number of nitrogens with two attached hydrogens (primary N) is 1. The van der Waals surface area contributed by atoms with Crippen LogP contribution in [0.15, 0.2) is 18.2 Å². The maximum Gasteiger partial charge on any atom is 0.129 e. The topological polar surface area (TPSA) is 49.8 Å². The molecule has 0 spiro atoms. The number of anilines is 1. The highest BCUT2D eigenvalue weighted by Gasteiger charge is 2.03. The summed E-state index contributed by atoms with van der Waals surface area (Å²) in [4.78, 5) is 0. The molecular weight excluding hydrogens is 143 g/mol. The number of rotatable bonds is 1. The van der Waals surface area contributed by atoms with Crippen molar-refractivity contribution < 1.29 is 4.39 Å². The number of nitrogens with zero attached hydrogens (tertiary/aromatic N) is 1. The smallest absolute Gasteiger partial charge is 0.129 e. The normalized spacial score (nSPS) is 9.09. The fraction of sp³-hybridized carbons (Fsp3) is 0.125. The Hall–Kier alpha value is -1.56. The molecule has 1 aromatic carbocycles. The molecule has 0 bridgehead atoms. The Morgan fingerprint density at radius 2 is 2.27 bits per heavy atom. The van der Waals surface area contributed by atoms with Crippen LogP contribution < -0.4 is 5.73 Å². The molecule has 56 valence electrons. The first-order valence-corrected chi connectivity index (χ1v) is 3.15. The Balaban J connectivity index is 3.12. The van der Waals surface area contributed by atoms with E-state index in [1.54, 1.807) is 6.07 Å². The van der Waals surface area contributed by atoms with Gasteiger partial charge < -0.3 is 5.73 Å². The molecule has 2 N–H and O–H groups in total. The molecule has 0 saturated heterocycles. The minimum Gasteiger partial charge on any atom is -0.398 e. The average molecular weight is 150 g/mol. The largest absolute Gasteiger partial charge is 0.398 e. The summed E-state index contributed by atoms with van der Waals surface area (Å²) in [5, 5.41) is 8.30. The molecule has 1 rings (SSSR count). The average Bonchev–Trinajstić information content (AvgIpc) is 1.97. The van der Waals surface area contributed by atoms with Gasteiger partial charge in [0.05, 0.1) is 12.5 Å². The number of hydrogen-bond acceptors (Lipinski definition) is 2. The number of halogens is 1. The zero-order valence-electron chi connectivity index (χ0n) is 5.84. The summed E-state index contributed by atoms with van der Waals surface area (Å²) in [5.74, 6) is -0.411. The van der Waals surface area contributed by atoms with Crippen LogP contribution in [0.4, 0.5) is 10.1 Å². The lowest BCUT2D eigenvalue weighted by atomic mass is 10.1. The van der Waals surface area contributed by atoms with E-state index < -0.39 is 5.82 Å². The zero-order chi connectivity index (χ0) is 8.27. The third-order valence-corrected chi connectivity index (χ3v) is 1.41. The first-order valence-electron chi connectivity index (χ1n) is 3.15. The number of nitrogen functional groups attached to an aromatic ring is 1. The highest BCUT2D eigenvalue weighted by molar-refractivity contribution is 5.48. The van der Waals surface area contributed by atoms with Crippen LogP contribution in [0.25, 0.3) is 0 Å². The van der Waals surface area contributed by atoms with Crippen molar-refractivity contribution in [3.05, 3.63) is 29.6 Å². The third-order valence-electron chi connectivity index (χ3n) is 1.41. The molecule has 0 radical (unpaired) electrons. The van der Waals surface area contributed by atoms with Gasteiger partial charge in [-0.25, -0.2) is 4.39 Å². The van der Waals surface area contributed by atoms with E-state index >= 15 is 0 Å². The Kier molecular flexibility index (Phi) is 2.07. The van der Waals surface area contributed by atoms with Gasteiger partial charge >= 0.3 is 0 Å². The van der Waals surface area contributed by atoms with E-state index in [1.807, 2.05) is 6.07 Å². The van der Waals surface area contributed by atoms with Gasteiger partial charge in [0.25, 0.3) is 0 Å². The van der Waals surface area contributed by atoms with Crippen molar-refractivity contribution in [3.63, 3.8) is 0 Å². The van der Waals surface area contributed by atoms with Crippen molar-refractivity contribution in [2.24, 2.45) is 0 Å². The molecule has 0 aliphatic rings. The van der Waals surface area contributed by atoms with Gasteiger partial charge in [-0.05, 0) is 12.1 Å². The summed E-state index contributed by atoms with van der Waals surface area (Å²) in [6, 6.07) is 6.24. The van der Waals surface area contributed by atoms with Gasteiger partial charge in [0.15, 0.2) is 0 Å². The monoisotopic (exact) mass is 150 g/mol. The van der Waals surface area contributed by atoms with E-state index in [2.05, 4.69) is 0 Å². The Bertz CT molecular complexity index is 281. The van der Waals surface area contributed by atoms with E-state index in [0.717, 1.165) is 0 Å². The van der Waals surface area contributed by atoms with Crippen LogP contribution in [-0.2, 0) is 6.42 Å². The van der Waals surface area contributed by atoms with Crippen LogP contribution in [0.3, 0.4) is 0 Å². The van der Waals surface area contributed by atoms with Crippen molar-refractivity contribution in [2.45, 2.75) is 6.42 Å². The molecule has 0 amide bonds. The van der Waals surface area contributed by atoms with Crippen LogP contribution in [0.1, 0.15) is 5.56 Å². The van der Waals surface area contributed by atoms with Crippen molar-refractivity contribution >= 4 is 5.69 Å². The third kappa shape index (κ3) is 1.47. The second-order valence-corrected chi connectivity index (χ2v) is 2.14. The lowest BCUT2D eigenvalue weighted by Crippen LogP contribution is -1.96. The minimum atomic E-state index is -0.411. The summed E-state index contributed by atoms with van der Waals surface area (Å²) in [7, 11) is 0. The molecule has 0 atom stereocenters. The molecule has 0 aromatic heterocycles. The van der Waals surface area contributed by atoms with Crippen molar-refractivity contribution in [1.82, 2.24) is 0 Å².